The zero-order valence-corrected chi connectivity index (χ0v) is 17.1. The molecule has 1 aromatic carbocycles. The zero-order chi connectivity index (χ0) is 20.8. The minimum absolute atomic E-state index is 0.00532. The van der Waals surface area contributed by atoms with E-state index in [-0.39, 0.29) is 41.7 Å². The maximum atomic E-state index is 13.4. The summed E-state index contributed by atoms with van der Waals surface area (Å²) in [7, 11) is 0. The molecule has 2 saturated heterocycles. The van der Waals surface area contributed by atoms with Crippen molar-refractivity contribution in [2.75, 3.05) is 19.6 Å². The van der Waals surface area contributed by atoms with Gasteiger partial charge < -0.3 is 14.9 Å². The first kappa shape index (κ1) is 19.2. The molecule has 5 rings (SSSR count). The number of aliphatic hydroxyl groups excluding tert-OH is 1. The van der Waals surface area contributed by atoms with Gasteiger partial charge in [0.1, 0.15) is 0 Å². The minimum atomic E-state index is -0.326. The second-order valence-electron chi connectivity index (χ2n) is 8.99. The number of pyridine rings is 1. The van der Waals surface area contributed by atoms with Crippen LogP contribution in [0.25, 0.3) is 0 Å². The smallest absolute Gasteiger partial charge is 0.255 e. The van der Waals surface area contributed by atoms with Crippen molar-refractivity contribution in [2.45, 2.75) is 31.9 Å². The van der Waals surface area contributed by atoms with E-state index in [9.17, 15) is 14.7 Å². The zero-order valence-electron chi connectivity index (χ0n) is 17.1. The monoisotopic (exact) mass is 405 g/mol. The third-order valence-electron chi connectivity index (χ3n) is 7.11. The van der Waals surface area contributed by atoms with Gasteiger partial charge in [-0.3, -0.25) is 14.6 Å². The van der Waals surface area contributed by atoms with Gasteiger partial charge in [0.15, 0.2) is 0 Å². The van der Waals surface area contributed by atoms with Crippen molar-refractivity contribution in [3.8, 4) is 0 Å². The Bertz CT molecular complexity index is 957. The molecule has 3 heterocycles. The summed E-state index contributed by atoms with van der Waals surface area (Å²) >= 11 is 0. The van der Waals surface area contributed by atoms with Crippen molar-refractivity contribution in [3.63, 3.8) is 0 Å². The molecular weight excluding hydrogens is 378 g/mol. The molecular formula is C24H27N3O3. The van der Waals surface area contributed by atoms with Crippen LogP contribution in [0.2, 0.25) is 0 Å². The molecule has 6 heteroatoms. The number of hydrogen-bond acceptors (Lipinski definition) is 4. The van der Waals surface area contributed by atoms with E-state index in [4.69, 9.17) is 0 Å². The van der Waals surface area contributed by atoms with Crippen molar-refractivity contribution in [2.24, 2.45) is 17.8 Å². The molecule has 6 nitrogen and oxygen atoms in total. The van der Waals surface area contributed by atoms with Crippen LogP contribution in [0.4, 0.5) is 0 Å². The van der Waals surface area contributed by atoms with Crippen molar-refractivity contribution in [1.82, 2.24) is 14.8 Å². The van der Waals surface area contributed by atoms with Crippen LogP contribution in [0, 0.1) is 24.7 Å². The van der Waals surface area contributed by atoms with Crippen LogP contribution >= 0.6 is 0 Å². The van der Waals surface area contributed by atoms with Crippen molar-refractivity contribution in [3.05, 3.63) is 65.5 Å². The summed E-state index contributed by atoms with van der Waals surface area (Å²) in [4.78, 5) is 34.3. The molecule has 30 heavy (non-hydrogen) atoms. The first-order valence-electron chi connectivity index (χ1n) is 10.8. The predicted molar refractivity (Wildman–Crippen MR) is 111 cm³/mol. The van der Waals surface area contributed by atoms with Gasteiger partial charge in [-0.15, -0.1) is 0 Å². The lowest BCUT2D eigenvalue weighted by Crippen LogP contribution is -2.44. The van der Waals surface area contributed by atoms with Gasteiger partial charge in [-0.2, -0.15) is 0 Å². The van der Waals surface area contributed by atoms with Gasteiger partial charge in [0, 0.05) is 49.8 Å². The Morgan fingerprint density at radius 2 is 1.87 bits per heavy atom. The number of carbonyl (C=O) groups excluding carboxylic acids is 2. The molecule has 1 saturated carbocycles. The van der Waals surface area contributed by atoms with Crippen LogP contribution in [-0.2, 0) is 4.79 Å². The summed E-state index contributed by atoms with van der Waals surface area (Å²) in [5.41, 5.74) is 2.93. The highest BCUT2D eigenvalue weighted by Gasteiger charge is 2.51. The van der Waals surface area contributed by atoms with E-state index in [0.717, 1.165) is 5.56 Å². The first-order chi connectivity index (χ1) is 14.5. The molecule has 2 amide bonds. The Labute approximate surface area is 176 Å². The Balaban J connectivity index is 1.43. The number of carbonyl (C=O) groups is 2. The normalized spacial score (nSPS) is 30.1. The van der Waals surface area contributed by atoms with Crippen molar-refractivity contribution in [1.29, 1.82) is 0 Å². The van der Waals surface area contributed by atoms with Gasteiger partial charge in [-0.25, -0.2) is 0 Å². The maximum Gasteiger partial charge on any atom is 0.255 e. The molecule has 0 unspecified atom stereocenters. The van der Waals surface area contributed by atoms with Crippen LogP contribution in [-0.4, -0.2) is 57.4 Å². The molecule has 0 radical (unpaired) electrons. The number of rotatable bonds is 3. The highest BCUT2D eigenvalue weighted by molar-refractivity contribution is 5.94. The molecule has 1 N–H and O–H groups in total. The number of likely N-dealkylation sites (tertiary alicyclic amines) is 2. The summed E-state index contributed by atoms with van der Waals surface area (Å²) in [6.07, 6.45) is 4.14. The average Bonchev–Trinajstić information content (AvgIpc) is 3.30. The number of aromatic nitrogens is 1. The fourth-order valence-corrected chi connectivity index (χ4v) is 5.45. The highest BCUT2D eigenvalue weighted by atomic mass is 16.3. The fraction of sp³-hybridized carbons (Fsp3) is 0.458. The van der Waals surface area contributed by atoms with E-state index >= 15 is 0 Å². The third-order valence-corrected chi connectivity index (χ3v) is 7.11. The van der Waals surface area contributed by atoms with Gasteiger partial charge in [-0.1, -0.05) is 24.3 Å². The molecule has 156 valence electrons. The summed E-state index contributed by atoms with van der Waals surface area (Å²) in [6.45, 7) is 4.10. The largest absolute Gasteiger partial charge is 0.393 e. The van der Waals surface area contributed by atoms with Gasteiger partial charge in [0.25, 0.3) is 5.91 Å². The van der Waals surface area contributed by atoms with Gasteiger partial charge in [-0.05, 0) is 43.0 Å². The van der Waals surface area contributed by atoms with Crippen LogP contribution in [0.5, 0.6) is 0 Å². The Morgan fingerprint density at radius 1 is 1.07 bits per heavy atom. The van der Waals surface area contributed by atoms with Gasteiger partial charge in [0.2, 0.25) is 5.91 Å². The van der Waals surface area contributed by atoms with Crippen molar-refractivity contribution >= 4 is 11.8 Å². The van der Waals surface area contributed by atoms with E-state index in [0.29, 0.717) is 38.0 Å². The fourth-order valence-electron chi connectivity index (χ4n) is 5.45. The molecule has 3 atom stereocenters. The second-order valence-corrected chi connectivity index (χ2v) is 8.99. The molecule has 2 aliphatic heterocycles. The number of amides is 2. The average molecular weight is 405 g/mol. The SMILES string of the molecule is Cc1ccccc1[C@@H]1[C@H]2CN(C(=O)C3CC(O)C3)C[C@H]2CN1C(=O)c1cccnc1. The molecule has 0 spiro atoms. The summed E-state index contributed by atoms with van der Waals surface area (Å²) in [6, 6.07) is 11.8. The van der Waals surface area contributed by atoms with Crippen LogP contribution in [0.15, 0.2) is 48.8 Å². The molecule has 3 aliphatic rings. The van der Waals surface area contributed by atoms with Crippen LogP contribution < -0.4 is 0 Å². The predicted octanol–water partition coefficient (Wildman–Crippen LogP) is 2.43. The number of aliphatic hydroxyl groups is 1. The molecule has 2 aromatic rings. The Kier molecular flexibility index (Phi) is 4.82. The quantitative estimate of drug-likeness (QED) is 0.851. The highest BCUT2D eigenvalue weighted by Crippen LogP contribution is 2.47. The summed E-state index contributed by atoms with van der Waals surface area (Å²) in [5, 5.41) is 9.58. The standard InChI is InChI=1S/C24H27N3O3/c1-15-5-2-3-7-20(15)22-21-14-26(23(29)17-9-19(28)10-17)12-18(21)13-27(22)24(30)16-6-4-8-25-11-16/h2-8,11,17-19,21-22,28H,9-10,12-14H2,1H3/t17?,18-,19?,21-,22+/m0/s1. The molecule has 1 aliphatic carbocycles. The maximum absolute atomic E-state index is 13.4. The number of nitrogens with zero attached hydrogens (tertiary/aromatic N) is 3. The third kappa shape index (κ3) is 3.19. The van der Waals surface area contributed by atoms with Crippen molar-refractivity contribution < 1.29 is 14.7 Å². The van der Waals surface area contributed by atoms with E-state index in [1.807, 2.05) is 28.0 Å². The summed E-state index contributed by atoms with van der Waals surface area (Å²) < 4.78 is 0. The summed E-state index contributed by atoms with van der Waals surface area (Å²) in [5.74, 6) is 0.628. The number of fused-ring (bicyclic) bond motifs is 1. The number of benzene rings is 1. The molecule has 3 fully saturated rings. The first-order valence-corrected chi connectivity index (χ1v) is 10.8. The molecule has 0 bridgehead atoms. The minimum Gasteiger partial charge on any atom is -0.393 e. The lowest BCUT2D eigenvalue weighted by molar-refractivity contribution is -0.141. The topological polar surface area (TPSA) is 73.7 Å². The number of aryl methyl sites for hydroxylation is 1. The van der Waals surface area contributed by atoms with Crippen LogP contribution in [0.1, 0.15) is 40.4 Å². The van der Waals surface area contributed by atoms with Gasteiger partial charge >= 0.3 is 0 Å². The van der Waals surface area contributed by atoms with E-state index in [2.05, 4.69) is 24.0 Å². The number of hydrogen-bond donors (Lipinski definition) is 1. The van der Waals surface area contributed by atoms with Gasteiger partial charge in [0.05, 0.1) is 17.7 Å². The van der Waals surface area contributed by atoms with E-state index in [1.165, 1.54) is 5.56 Å². The van der Waals surface area contributed by atoms with E-state index in [1.54, 1.807) is 18.5 Å². The lowest BCUT2D eigenvalue weighted by atomic mass is 9.81. The van der Waals surface area contributed by atoms with E-state index < -0.39 is 0 Å². The Morgan fingerprint density at radius 3 is 2.57 bits per heavy atom. The molecule has 1 aromatic heterocycles. The Hall–Kier alpha value is -2.73. The van der Waals surface area contributed by atoms with Crippen LogP contribution in [0.3, 0.4) is 0 Å². The second kappa shape index (κ2) is 7.51. The lowest BCUT2D eigenvalue weighted by Gasteiger charge is -2.35.